The first kappa shape index (κ1) is 14.4. The van der Waals surface area contributed by atoms with E-state index in [0.29, 0.717) is 18.2 Å². The van der Waals surface area contributed by atoms with Crippen LogP contribution >= 0.6 is 0 Å². The number of aromatic nitrogens is 4. The second-order valence-corrected chi connectivity index (χ2v) is 4.95. The predicted molar refractivity (Wildman–Crippen MR) is 76.7 cm³/mol. The number of hydrogen-bond donors (Lipinski definition) is 2. The van der Waals surface area contributed by atoms with Crippen LogP contribution in [-0.4, -0.2) is 26.4 Å². The van der Waals surface area contributed by atoms with Crippen LogP contribution in [0.4, 0.5) is 5.82 Å². The van der Waals surface area contributed by atoms with Gasteiger partial charge in [0.2, 0.25) is 0 Å². The molecule has 0 saturated carbocycles. The van der Waals surface area contributed by atoms with Crippen LogP contribution in [0.1, 0.15) is 26.6 Å². The topological polar surface area (TPSA) is 90.9 Å². The Kier molecular flexibility index (Phi) is 4.01. The third-order valence-electron chi connectivity index (χ3n) is 2.92. The normalized spacial score (nSPS) is 11.7. The summed E-state index contributed by atoms with van der Waals surface area (Å²) in [6, 6.07) is 1.78. The fourth-order valence-corrected chi connectivity index (χ4v) is 1.92. The van der Waals surface area contributed by atoms with Gasteiger partial charge in [-0.3, -0.25) is 4.68 Å². The van der Waals surface area contributed by atoms with E-state index in [4.69, 9.17) is 10.6 Å². The minimum absolute atomic E-state index is 0.543. The molecule has 2 aromatic rings. The molecule has 0 saturated heterocycles. The van der Waals surface area contributed by atoms with Crippen molar-refractivity contribution in [3.05, 3.63) is 24.3 Å². The lowest BCUT2D eigenvalue weighted by atomic mass is 10.1. The van der Waals surface area contributed by atoms with E-state index in [-0.39, 0.29) is 0 Å². The molecule has 0 aliphatic carbocycles. The summed E-state index contributed by atoms with van der Waals surface area (Å²) < 4.78 is 7.42. The molecular weight excluding hydrogens is 256 g/mol. The molecule has 108 valence electrons. The first-order valence-corrected chi connectivity index (χ1v) is 6.45. The Balaban J connectivity index is 2.49. The molecule has 0 atom stereocenters. The van der Waals surface area contributed by atoms with E-state index < -0.39 is 5.60 Å². The van der Waals surface area contributed by atoms with Gasteiger partial charge in [-0.2, -0.15) is 5.10 Å². The van der Waals surface area contributed by atoms with Crippen LogP contribution in [0.5, 0.6) is 0 Å². The van der Waals surface area contributed by atoms with Crippen molar-refractivity contribution in [3.8, 4) is 11.3 Å². The minimum atomic E-state index is -0.585. The van der Waals surface area contributed by atoms with E-state index in [0.717, 1.165) is 11.3 Å². The quantitative estimate of drug-likeness (QED) is 0.634. The molecule has 2 rings (SSSR count). The van der Waals surface area contributed by atoms with Gasteiger partial charge in [-0.15, -0.1) is 0 Å². The van der Waals surface area contributed by atoms with Crippen molar-refractivity contribution in [2.24, 2.45) is 12.9 Å². The largest absolute Gasteiger partial charge is 0.368 e. The number of hydrogen-bond acceptors (Lipinski definition) is 6. The molecule has 3 N–H and O–H groups in total. The summed E-state index contributed by atoms with van der Waals surface area (Å²) in [7, 11) is 1.86. The summed E-state index contributed by atoms with van der Waals surface area (Å²) in [5.41, 5.74) is 3.64. The van der Waals surface area contributed by atoms with Crippen molar-refractivity contribution in [1.82, 2.24) is 19.7 Å². The van der Waals surface area contributed by atoms with E-state index in [9.17, 15) is 0 Å². The highest BCUT2D eigenvalue weighted by Crippen LogP contribution is 2.26. The van der Waals surface area contributed by atoms with Gasteiger partial charge in [-0.1, -0.05) is 0 Å². The maximum atomic E-state index is 5.70. The van der Waals surface area contributed by atoms with E-state index in [2.05, 4.69) is 20.5 Å². The van der Waals surface area contributed by atoms with Gasteiger partial charge < -0.3 is 10.2 Å². The number of nitrogens with two attached hydrogens (primary N) is 1. The van der Waals surface area contributed by atoms with Gasteiger partial charge in [-0.25, -0.2) is 15.8 Å². The Morgan fingerprint density at radius 2 is 2.15 bits per heavy atom. The number of rotatable bonds is 5. The molecule has 0 fully saturated rings. The van der Waals surface area contributed by atoms with E-state index in [1.807, 2.05) is 34.0 Å². The summed E-state index contributed by atoms with van der Waals surface area (Å²) in [4.78, 5) is 8.95. The summed E-state index contributed by atoms with van der Waals surface area (Å²) in [5, 5.41) is 4.15. The molecule has 0 spiro atoms. The van der Waals surface area contributed by atoms with E-state index in [1.54, 1.807) is 16.9 Å². The Morgan fingerprint density at radius 1 is 1.40 bits per heavy atom. The lowest BCUT2D eigenvalue weighted by molar-refractivity contribution is -0.0206. The van der Waals surface area contributed by atoms with Gasteiger partial charge in [0, 0.05) is 31.5 Å². The van der Waals surface area contributed by atoms with E-state index in [1.165, 1.54) is 0 Å². The third kappa shape index (κ3) is 2.94. The summed E-state index contributed by atoms with van der Waals surface area (Å²) in [5.74, 6) is 6.61. The lowest BCUT2D eigenvalue weighted by Gasteiger charge is -2.23. The van der Waals surface area contributed by atoms with Crippen molar-refractivity contribution in [1.29, 1.82) is 0 Å². The molecule has 2 aromatic heterocycles. The van der Waals surface area contributed by atoms with Gasteiger partial charge in [0.25, 0.3) is 0 Å². The van der Waals surface area contributed by atoms with Crippen LogP contribution in [0.25, 0.3) is 11.3 Å². The fourth-order valence-electron chi connectivity index (χ4n) is 1.92. The first-order chi connectivity index (χ1) is 9.46. The zero-order chi connectivity index (χ0) is 14.8. The van der Waals surface area contributed by atoms with Crippen LogP contribution in [-0.2, 0) is 17.4 Å². The minimum Gasteiger partial charge on any atom is -0.368 e. The molecule has 7 heteroatoms. The highest BCUT2D eigenvalue weighted by atomic mass is 16.5. The molecule has 0 amide bonds. The lowest BCUT2D eigenvalue weighted by Crippen LogP contribution is -2.26. The maximum Gasteiger partial charge on any atom is 0.162 e. The fraction of sp³-hybridized carbons (Fsp3) is 0.462. The van der Waals surface area contributed by atoms with Gasteiger partial charge in [0.05, 0.1) is 11.9 Å². The average molecular weight is 276 g/mol. The molecule has 0 aromatic carbocycles. The van der Waals surface area contributed by atoms with Gasteiger partial charge >= 0.3 is 0 Å². The Hall–Kier alpha value is -1.99. The molecule has 0 bridgehead atoms. The molecule has 7 nitrogen and oxygen atoms in total. The van der Waals surface area contributed by atoms with Crippen LogP contribution < -0.4 is 11.3 Å². The summed E-state index contributed by atoms with van der Waals surface area (Å²) >= 11 is 0. The smallest absolute Gasteiger partial charge is 0.162 e. The first-order valence-electron chi connectivity index (χ1n) is 6.45. The maximum absolute atomic E-state index is 5.70. The van der Waals surface area contributed by atoms with Crippen molar-refractivity contribution < 1.29 is 4.74 Å². The van der Waals surface area contributed by atoms with Gasteiger partial charge in [-0.05, 0) is 20.8 Å². The number of nitrogens with zero attached hydrogens (tertiary/aromatic N) is 4. The highest BCUT2D eigenvalue weighted by Gasteiger charge is 2.25. The number of nitrogens with one attached hydrogen (secondary N) is 1. The molecule has 0 radical (unpaired) electrons. The van der Waals surface area contributed by atoms with Gasteiger partial charge in [0.1, 0.15) is 11.4 Å². The molecule has 0 unspecified atom stereocenters. The van der Waals surface area contributed by atoms with Crippen molar-refractivity contribution >= 4 is 5.82 Å². The van der Waals surface area contributed by atoms with Crippen molar-refractivity contribution in [3.63, 3.8) is 0 Å². The van der Waals surface area contributed by atoms with E-state index >= 15 is 0 Å². The predicted octanol–water partition coefficient (Wildman–Crippen LogP) is 1.43. The van der Waals surface area contributed by atoms with Crippen LogP contribution in [0.15, 0.2) is 18.5 Å². The van der Waals surface area contributed by atoms with Crippen LogP contribution in [0.3, 0.4) is 0 Å². The Morgan fingerprint density at radius 3 is 2.70 bits per heavy atom. The number of anilines is 1. The number of aryl methyl sites for hydroxylation is 1. The summed E-state index contributed by atoms with van der Waals surface area (Å²) in [6.45, 7) is 6.38. The number of ether oxygens (including phenoxy) is 1. The van der Waals surface area contributed by atoms with Gasteiger partial charge in [0.15, 0.2) is 5.82 Å². The SMILES string of the molecule is CCOC(C)(C)c1nc(NN)cc(-c2cnn(C)c2)n1. The highest BCUT2D eigenvalue weighted by molar-refractivity contribution is 5.60. The Labute approximate surface area is 118 Å². The molecule has 0 aliphatic heterocycles. The van der Waals surface area contributed by atoms with Crippen LogP contribution in [0, 0.1) is 0 Å². The Bertz CT molecular complexity index is 592. The average Bonchev–Trinajstić information content (AvgIpc) is 2.85. The molecule has 20 heavy (non-hydrogen) atoms. The van der Waals surface area contributed by atoms with Crippen molar-refractivity contribution in [2.45, 2.75) is 26.4 Å². The number of hydrazine groups is 1. The standard InChI is InChI=1S/C13H20N6O/c1-5-20-13(2,3)12-16-10(6-11(17-12)18-14)9-7-15-19(4)8-9/h6-8H,5,14H2,1-4H3,(H,16,17,18). The molecule has 2 heterocycles. The second kappa shape index (κ2) is 5.56. The van der Waals surface area contributed by atoms with Crippen LogP contribution in [0.2, 0.25) is 0 Å². The molecular formula is C13H20N6O. The molecule has 0 aliphatic rings. The monoisotopic (exact) mass is 276 g/mol. The summed E-state index contributed by atoms with van der Waals surface area (Å²) in [6.07, 6.45) is 3.64. The third-order valence-corrected chi connectivity index (χ3v) is 2.92. The van der Waals surface area contributed by atoms with Crippen molar-refractivity contribution in [2.75, 3.05) is 12.0 Å². The number of nitrogen functional groups attached to an aromatic ring is 1. The second-order valence-electron chi connectivity index (χ2n) is 4.95. The zero-order valence-electron chi connectivity index (χ0n) is 12.2. The zero-order valence-corrected chi connectivity index (χ0v) is 12.2.